The molecule has 0 spiro atoms. The van der Waals surface area contributed by atoms with Crippen molar-refractivity contribution in [1.29, 1.82) is 0 Å². The normalized spacial score (nSPS) is 14.7. The Morgan fingerprint density at radius 1 is 1.22 bits per heavy atom. The zero-order valence-electron chi connectivity index (χ0n) is 12.6. The van der Waals surface area contributed by atoms with E-state index in [9.17, 15) is 0 Å². The molecule has 0 saturated carbocycles. The number of thiocarbonyl (C=S) groups is 1. The molecular weight excluding hydrogens is 246 g/mol. The van der Waals surface area contributed by atoms with Crippen LogP contribution in [0.2, 0.25) is 0 Å². The molecule has 18 heavy (non-hydrogen) atoms. The molecule has 0 aliphatic carbocycles. The maximum absolute atomic E-state index is 5.33. The van der Waals surface area contributed by atoms with Crippen LogP contribution in [-0.2, 0) is 4.74 Å². The third-order valence-corrected chi connectivity index (χ3v) is 2.71. The van der Waals surface area contributed by atoms with E-state index < -0.39 is 0 Å². The zero-order valence-corrected chi connectivity index (χ0v) is 13.4. The van der Waals surface area contributed by atoms with Gasteiger partial charge >= 0.3 is 0 Å². The highest BCUT2D eigenvalue weighted by Gasteiger charge is 2.14. The molecular formula is C13H29N3OS. The number of hydrogen-bond acceptors (Lipinski definition) is 3. The summed E-state index contributed by atoms with van der Waals surface area (Å²) in [6, 6.07) is 0.615. The Hall–Kier alpha value is -0.390. The van der Waals surface area contributed by atoms with Crippen molar-refractivity contribution in [1.82, 2.24) is 15.5 Å². The van der Waals surface area contributed by atoms with Crippen molar-refractivity contribution in [2.45, 2.75) is 39.3 Å². The average molecular weight is 275 g/mol. The van der Waals surface area contributed by atoms with Gasteiger partial charge in [0, 0.05) is 25.7 Å². The molecule has 0 rings (SSSR count). The summed E-state index contributed by atoms with van der Waals surface area (Å²) >= 11 is 5.33. The summed E-state index contributed by atoms with van der Waals surface area (Å²) in [5.41, 5.74) is 0. The van der Waals surface area contributed by atoms with Crippen LogP contribution < -0.4 is 10.6 Å². The molecule has 0 radical (unpaired) electrons. The maximum Gasteiger partial charge on any atom is 0.166 e. The lowest BCUT2D eigenvalue weighted by atomic mass is 10.0. The minimum absolute atomic E-state index is 0.231. The summed E-state index contributed by atoms with van der Waals surface area (Å²) in [7, 11) is 5.86. The molecule has 0 heterocycles. The molecule has 0 saturated heterocycles. The van der Waals surface area contributed by atoms with E-state index >= 15 is 0 Å². The van der Waals surface area contributed by atoms with Crippen LogP contribution >= 0.6 is 12.2 Å². The highest BCUT2D eigenvalue weighted by molar-refractivity contribution is 7.80. The lowest BCUT2D eigenvalue weighted by molar-refractivity contribution is 0.179. The second-order valence-corrected chi connectivity index (χ2v) is 5.97. The van der Waals surface area contributed by atoms with Crippen molar-refractivity contribution in [2.75, 3.05) is 34.4 Å². The third kappa shape index (κ3) is 9.62. The van der Waals surface area contributed by atoms with Crippen LogP contribution in [0.5, 0.6) is 0 Å². The molecule has 0 aromatic rings. The number of ether oxygens (including phenoxy) is 1. The molecule has 0 aromatic heterocycles. The van der Waals surface area contributed by atoms with E-state index in [-0.39, 0.29) is 6.04 Å². The molecule has 0 fully saturated rings. The molecule has 108 valence electrons. The third-order valence-electron chi connectivity index (χ3n) is 2.47. The number of likely N-dealkylation sites (N-methyl/N-ethyl adjacent to an activating group) is 1. The molecule has 5 heteroatoms. The first-order chi connectivity index (χ1) is 8.35. The van der Waals surface area contributed by atoms with Crippen LogP contribution in [-0.4, -0.2) is 56.5 Å². The number of hydrogen-bond donors (Lipinski definition) is 2. The monoisotopic (exact) mass is 275 g/mol. The van der Waals surface area contributed by atoms with Gasteiger partial charge in [0.05, 0.1) is 6.61 Å². The average Bonchev–Trinajstić information content (AvgIpc) is 2.14. The second-order valence-electron chi connectivity index (χ2n) is 5.56. The molecule has 2 N–H and O–H groups in total. The SMILES string of the molecule is COCC(C)NC(=S)NC(CC(C)C)CN(C)C. The van der Waals surface area contributed by atoms with Crippen molar-refractivity contribution in [3.05, 3.63) is 0 Å². The summed E-state index contributed by atoms with van der Waals surface area (Å²) < 4.78 is 5.08. The van der Waals surface area contributed by atoms with E-state index in [4.69, 9.17) is 17.0 Å². The first kappa shape index (κ1) is 17.6. The van der Waals surface area contributed by atoms with E-state index in [1.54, 1.807) is 7.11 Å². The van der Waals surface area contributed by atoms with Crippen molar-refractivity contribution in [3.63, 3.8) is 0 Å². The van der Waals surface area contributed by atoms with Crippen LogP contribution in [0.1, 0.15) is 27.2 Å². The number of nitrogens with zero attached hydrogens (tertiary/aromatic N) is 1. The Labute approximate surface area is 117 Å². The smallest absolute Gasteiger partial charge is 0.166 e. The fraction of sp³-hybridized carbons (Fsp3) is 0.923. The van der Waals surface area contributed by atoms with Gasteiger partial charge in [-0.1, -0.05) is 13.8 Å². The Bertz CT molecular complexity index is 224. The predicted molar refractivity (Wildman–Crippen MR) is 82.0 cm³/mol. The Balaban J connectivity index is 4.16. The lowest BCUT2D eigenvalue weighted by Crippen LogP contribution is -2.49. The van der Waals surface area contributed by atoms with Gasteiger partial charge in [0.1, 0.15) is 0 Å². The van der Waals surface area contributed by atoms with Gasteiger partial charge in [-0.25, -0.2) is 0 Å². The highest BCUT2D eigenvalue weighted by atomic mass is 32.1. The Kier molecular flexibility index (Phi) is 9.32. The predicted octanol–water partition coefficient (Wildman–Crippen LogP) is 1.46. The number of methoxy groups -OCH3 is 1. The van der Waals surface area contributed by atoms with Crippen LogP contribution in [0, 0.1) is 5.92 Å². The van der Waals surface area contributed by atoms with E-state index in [1.807, 2.05) is 0 Å². The van der Waals surface area contributed by atoms with Gasteiger partial charge in [0.25, 0.3) is 0 Å². The van der Waals surface area contributed by atoms with Gasteiger partial charge in [-0.15, -0.1) is 0 Å². The van der Waals surface area contributed by atoms with Gasteiger partial charge in [-0.05, 0) is 45.6 Å². The van der Waals surface area contributed by atoms with Gasteiger partial charge in [0.15, 0.2) is 5.11 Å². The summed E-state index contributed by atoms with van der Waals surface area (Å²) in [6.07, 6.45) is 1.11. The van der Waals surface area contributed by atoms with Crippen LogP contribution in [0.4, 0.5) is 0 Å². The Morgan fingerprint density at radius 3 is 2.28 bits per heavy atom. The van der Waals surface area contributed by atoms with Crippen LogP contribution in [0.3, 0.4) is 0 Å². The first-order valence-corrected chi connectivity index (χ1v) is 6.96. The fourth-order valence-corrected chi connectivity index (χ4v) is 2.30. The summed E-state index contributed by atoms with van der Waals surface area (Å²) in [5, 5.41) is 7.34. The quantitative estimate of drug-likeness (QED) is 0.656. The van der Waals surface area contributed by atoms with E-state index in [1.165, 1.54) is 0 Å². The van der Waals surface area contributed by atoms with Crippen molar-refractivity contribution in [2.24, 2.45) is 5.92 Å². The largest absolute Gasteiger partial charge is 0.383 e. The minimum atomic E-state index is 0.231. The number of nitrogens with one attached hydrogen (secondary N) is 2. The van der Waals surface area contributed by atoms with Crippen LogP contribution in [0.15, 0.2) is 0 Å². The van der Waals surface area contributed by atoms with Gasteiger partial charge in [-0.3, -0.25) is 0 Å². The highest BCUT2D eigenvalue weighted by Crippen LogP contribution is 2.05. The zero-order chi connectivity index (χ0) is 14.1. The first-order valence-electron chi connectivity index (χ1n) is 6.55. The molecule has 2 atom stereocenters. The van der Waals surface area contributed by atoms with Crippen molar-refractivity contribution >= 4 is 17.3 Å². The lowest BCUT2D eigenvalue weighted by Gasteiger charge is -2.26. The van der Waals surface area contributed by atoms with E-state index in [0.717, 1.165) is 13.0 Å². The standard InChI is InChI=1S/C13H29N3OS/c1-10(2)7-12(8-16(4)5)15-13(18)14-11(3)9-17-6/h10-12H,7-9H2,1-6H3,(H2,14,15,18). The molecule has 4 nitrogen and oxygen atoms in total. The van der Waals surface area contributed by atoms with Crippen molar-refractivity contribution in [3.8, 4) is 0 Å². The molecule has 0 aromatic carbocycles. The molecule has 0 amide bonds. The molecule has 0 aliphatic heterocycles. The summed E-state index contributed by atoms with van der Waals surface area (Å²) in [6.45, 7) is 8.16. The topological polar surface area (TPSA) is 36.5 Å². The maximum atomic E-state index is 5.33. The molecule has 0 bridgehead atoms. The fourth-order valence-electron chi connectivity index (χ4n) is 1.93. The molecule has 2 unspecified atom stereocenters. The van der Waals surface area contributed by atoms with Crippen molar-refractivity contribution < 1.29 is 4.74 Å². The number of rotatable bonds is 8. The second kappa shape index (κ2) is 9.53. The van der Waals surface area contributed by atoms with Crippen LogP contribution in [0.25, 0.3) is 0 Å². The summed E-state index contributed by atoms with van der Waals surface area (Å²) in [4.78, 5) is 2.18. The Morgan fingerprint density at radius 2 is 1.83 bits per heavy atom. The van der Waals surface area contributed by atoms with E-state index in [2.05, 4.69) is 50.4 Å². The van der Waals surface area contributed by atoms with Gasteiger partial charge in [0.2, 0.25) is 0 Å². The molecule has 0 aliphatic rings. The summed E-state index contributed by atoms with van der Waals surface area (Å²) in [5.74, 6) is 0.654. The van der Waals surface area contributed by atoms with Gasteiger partial charge in [-0.2, -0.15) is 0 Å². The van der Waals surface area contributed by atoms with Gasteiger partial charge < -0.3 is 20.3 Å². The minimum Gasteiger partial charge on any atom is -0.383 e. The van der Waals surface area contributed by atoms with E-state index in [0.29, 0.717) is 23.7 Å².